The van der Waals surface area contributed by atoms with Crippen LogP contribution in [-0.2, 0) is 6.42 Å². The first kappa shape index (κ1) is 9.86. The summed E-state index contributed by atoms with van der Waals surface area (Å²) in [6.45, 7) is 3.85. The van der Waals surface area contributed by atoms with Gasteiger partial charge in [0.1, 0.15) is 0 Å². The molecule has 1 aliphatic rings. The molecule has 0 atom stereocenters. The molecule has 1 aliphatic carbocycles. The van der Waals surface area contributed by atoms with E-state index in [0.717, 1.165) is 22.9 Å². The largest absolute Gasteiger partial charge is 0.192 e. The van der Waals surface area contributed by atoms with E-state index in [1.165, 1.54) is 16.5 Å². The molecule has 0 radical (unpaired) electrons. The summed E-state index contributed by atoms with van der Waals surface area (Å²) in [5.74, 6) is 0. The van der Waals surface area contributed by atoms with Crippen LogP contribution in [0, 0.1) is 11.3 Å². The number of hydrogen-bond acceptors (Lipinski definition) is 1. The van der Waals surface area contributed by atoms with Gasteiger partial charge in [-0.3, -0.25) is 0 Å². The zero-order chi connectivity index (χ0) is 11.8. The lowest BCUT2D eigenvalue weighted by Crippen LogP contribution is -1.96. The van der Waals surface area contributed by atoms with Crippen molar-refractivity contribution in [3.8, 4) is 6.07 Å². The number of nitriles is 1. The number of allylic oxidation sites excluding steroid dienone is 1. The molecule has 1 nitrogen and oxygen atoms in total. The molecular weight excluding hydrogens is 206 g/mol. The Kier molecular flexibility index (Phi) is 2.09. The molecule has 1 heteroatoms. The Hall–Kier alpha value is -2.33. The molecule has 2 aromatic carbocycles. The first-order valence-corrected chi connectivity index (χ1v) is 5.62. The number of benzene rings is 2. The van der Waals surface area contributed by atoms with E-state index < -0.39 is 0 Å². The molecule has 0 spiro atoms. The third-order valence-corrected chi connectivity index (χ3v) is 3.24. The molecule has 80 valence electrons. The van der Waals surface area contributed by atoms with Crippen LogP contribution in [0.5, 0.6) is 0 Å². The summed E-state index contributed by atoms with van der Waals surface area (Å²) in [4.78, 5) is 0. The number of hydrogen-bond donors (Lipinski definition) is 0. The average molecular weight is 217 g/mol. The molecule has 0 N–H and O–H groups in total. The van der Waals surface area contributed by atoms with Crippen molar-refractivity contribution in [3.63, 3.8) is 0 Å². The van der Waals surface area contributed by atoms with Crippen LogP contribution in [0.25, 0.3) is 22.9 Å². The molecule has 0 unspecified atom stereocenters. The first-order chi connectivity index (χ1) is 8.33. The van der Waals surface area contributed by atoms with Crippen LogP contribution in [0.15, 0.2) is 36.9 Å². The van der Waals surface area contributed by atoms with Crippen molar-refractivity contribution < 1.29 is 0 Å². The van der Waals surface area contributed by atoms with Gasteiger partial charge in [-0.2, -0.15) is 5.26 Å². The Bertz CT molecular complexity index is 700. The highest BCUT2D eigenvalue weighted by Crippen LogP contribution is 2.32. The molecule has 0 heterocycles. The van der Waals surface area contributed by atoms with Gasteiger partial charge in [0.15, 0.2) is 0 Å². The lowest BCUT2D eigenvalue weighted by atomic mass is 9.89. The Balaban J connectivity index is 2.49. The maximum absolute atomic E-state index is 9.02. The van der Waals surface area contributed by atoms with E-state index >= 15 is 0 Å². The smallest absolute Gasteiger partial charge is 0.0991 e. The lowest BCUT2D eigenvalue weighted by molar-refractivity contribution is 1.28. The second kappa shape index (κ2) is 3.61. The first-order valence-electron chi connectivity index (χ1n) is 5.62. The van der Waals surface area contributed by atoms with Crippen LogP contribution in [0.3, 0.4) is 0 Å². The van der Waals surface area contributed by atoms with Crippen LogP contribution in [-0.4, -0.2) is 0 Å². The molecule has 0 aromatic heterocycles. The average Bonchev–Trinajstić information content (AvgIpc) is 2.39. The fourth-order valence-corrected chi connectivity index (χ4v) is 2.49. The number of rotatable bonds is 1. The van der Waals surface area contributed by atoms with Crippen molar-refractivity contribution in [1.29, 1.82) is 5.26 Å². The number of nitrogens with zero attached hydrogens (tertiary/aromatic N) is 1. The molecule has 2 aromatic rings. The van der Waals surface area contributed by atoms with Gasteiger partial charge in [-0.05, 0) is 46.0 Å². The van der Waals surface area contributed by atoms with Gasteiger partial charge in [-0.15, -0.1) is 0 Å². The zero-order valence-electron chi connectivity index (χ0n) is 9.40. The molecule has 0 bridgehead atoms. The summed E-state index contributed by atoms with van der Waals surface area (Å²) in [6.07, 6.45) is 7.08. The van der Waals surface area contributed by atoms with E-state index in [-0.39, 0.29) is 0 Å². The Morgan fingerprint density at radius 2 is 2.18 bits per heavy atom. The van der Waals surface area contributed by atoms with Gasteiger partial charge < -0.3 is 0 Å². The van der Waals surface area contributed by atoms with Gasteiger partial charge in [0.05, 0.1) is 11.6 Å². The van der Waals surface area contributed by atoms with E-state index in [9.17, 15) is 0 Å². The van der Waals surface area contributed by atoms with E-state index in [1.807, 2.05) is 18.2 Å². The molecule has 17 heavy (non-hydrogen) atoms. The minimum absolute atomic E-state index is 0.736. The monoisotopic (exact) mass is 217 g/mol. The quantitative estimate of drug-likeness (QED) is 0.710. The Morgan fingerprint density at radius 3 is 2.94 bits per heavy atom. The maximum Gasteiger partial charge on any atom is 0.0991 e. The summed E-state index contributed by atoms with van der Waals surface area (Å²) in [5.41, 5.74) is 4.35. The minimum Gasteiger partial charge on any atom is -0.192 e. The highest BCUT2D eigenvalue weighted by atomic mass is 14.2. The predicted molar refractivity (Wildman–Crippen MR) is 71.5 cm³/mol. The third kappa shape index (κ3) is 1.38. The molecule has 0 saturated carbocycles. The summed E-state index contributed by atoms with van der Waals surface area (Å²) < 4.78 is 0. The van der Waals surface area contributed by atoms with Gasteiger partial charge >= 0.3 is 0 Å². The molecule has 0 amide bonds. The molecule has 0 fully saturated rings. The van der Waals surface area contributed by atoms with Gasteiger partial charge in [-0.25, -0.2) is 0 Å². The van der Waals surface area contributed by atoms with E-state index in [2.05, 4.69) is 36.9 Å². The van der Waals surface area contributed by atoms with E-state index in [0.29, 0.717) is 0 Å². The van der Waals surface area contributed by atoms with Crippen LogP contribution in [0.4, 0.5) is 0 Å². The van der Waals surface area contributed by atoms with Crippen LogP contribution >= 0.6 is 0 Å². The summed E-state index contributed by atoms with van der Waals surface area (Å²) >= 11 is 0. The highest BCUT2D eigenvalue weighted by Gasteiger charge is 2.12. The topological polar surface area (TPSA) is 23.8 Å². The molecule has 0 saturated heterocycles. The van der Waals surface area contributed by atoms with Crippen LogP contribution < -0.4 is 0 Å². The summed E-state index contributed by atoms with van der Waals surface area (Å²) in [6, 6.07) is 10.3. The fourth-order valence-electron chi connectivity index (χ4n) is 2.49. The fraction of sp³-hybridized carbons (Fsp3) is 0.0625. The van der Waals surface area contributed by atoms with E-state index in [1.54, 1.807) is 0 Å². The van der Waals surface area contributed by atoms with Crippen molar-refractivity contribution >= 4 is 22.9 Å². The Morgan fingerprint density at radius 1 is 1.29 bits per heavy atom. The normalized spacial score (nSPS) is 12.4. The zero-order valence-corrected chi connectivity index (χ0v) is 9.40. The van der Waals surface area contributed by atoms with Gasteiger partial charge in [0.25, 0.3) is 0 Å². The minimum atomic E-state index is 0.736. The highest BCUT2D eigenvalue weighted by molar-refractivity contribution is 5.98. The van der Waals surface area contributed by atoms with Crippen LogP contribution in [0.1, 0.15) is 22.3 Å². The summed E-state index contributed by atoms with van der Waals surface area (Å²) in [5, 5.41) is 11.4. The second-order valence-electron chi connectivity index (χ2n) is 4.22. The lowest BCUT2D eigenvalue weighted by Gasteiger charge is -2.15. The Labute approximate surface area is 100 Å². The van der Waals surface area contributed by atoms with Gasteiger partial charge in [0, 0.05) is 0 Å². The SMILES string of the molecule is C=Cc1ccc2cc(C#N)cc3c2c1C=CC3. The van der Waals surface area contributed by atoms with Crippen molar-refractivity contribution in [2.24, 2.45) is 0 Å². The second-order valence-corrected chi connectivity index (χ2v) is 4.22. The van der Waals surface area contributed by atoms with Crippen molar-refractivity contribution in [2.75, 3.05) is 0 Å². The third-order valence-electron chi connectivity index (χ3n) is 3.24. The van der Waals surface area contributed by atoms with Crippen LogP contribution in [0.2, 0.25) is 0 Å². The van der Waals surface area contributed by atoms with Gasteiger partial charge in [0.2, 0.25) is 0 Å². The predicted octanol–water partition coefficient (Wildman–Crippen LogP) is 3.92. The van der Waals surface area contributed by atoms with Crippen molar-refractivity contribution in [3.05, 3.63) is 59.2 Å². The molecule has 0 aliphatic heterocycles. The molecule has 3 rings (SSSR count). The van der Waals surface area contributed by atoms with E-state index in [4.69, 9.17) is 5.26 Å². The summed E-state index contributed by atoms with van der Waals surface area (Å²) in [7, 11) is 0. The maximum atomic E-state index is 9.02. The molecular formula is C16H11N. The standard InChI is InChI=1S/C16H11N/c1-2-12-6-7-14-9-11(10-17)8-13-4-3-5-15(12)16(13)14/h2-3,5-9H,1,4H2. The van der Waals surface area contributed by atoms with Crippen molar-refractivity contribution in [1.82, 2.24) is 0 Å². The van der Waals surface area contributed by atoms with Crippen molar-refractivity contribution in [2.45, 2.75) is 6.42 Å². The van der Waals surface area contributed by atoms with Gasteiger partial charge in [-0.1, -0.05) is 36.9 Å².